The lowest BCUT2D eigenvalue weighted by molar-refractivity contribution is -0.137. The van der Waals surface area contributed by atoms with Crippen LogP contribution in [0.5, 0.6) is 5.75 Å². The molecule has 0 spiro atoms. The fraction of sp³-hybridized carbons (Fsp3) is 0.333. The predicted octanol–water partition coefficient (Wildman–Crippen LogP) is 4.37. The lowest BCUT2D eigenvalue weighted by Crippen LogP contribution is -2.42. The van der Waals surface area contributed by atoms with Gasteiger partial charge in [0.1, 0.15) is 5.75 Å². The van der Waals surface area contributed by atoms with Crippen LogP contribution in [0.3, 0.4) is 0 Å². The fourth-order valence-electron chi connectivity index (χ4n) is 3.20. The molecule has 3 rings (SSSR count). The minimum absolute atomic E-state index is 0.0484. The third kappa shape index (κ3) is 4.89. The van der Waals surface area contributed by atoms with E-state index in [1.54, 1.807) is 25.1 Å². The summed E-state index contributed by atoms with van der Waals surface area (Å²) >= 11 is 11.9. The molecule has 2 aromatic rings. The van der Waals surface area contributed by atoms with Crippen LogP contribution in [-0.4, -0.2) is 43.1 Å². The van der Waals surface area contributed by atoms with Gasteiger partial charge in [0.25, 0.3) is 5.91 Å². The van der Waals surface area contributed by atoms with Crippen LogP contribution in [0.15, 0.2) is 42.5 Å². The highest BCUT2D eigenvalue weighted by molar-refractivity contribution is 6.42. The van der Waals surface area contributed by atoms with Gasteiger partial charge in [-0.2, -0.15) is 5.26 Å². The van der Waals surface area contributed by atoms with Gasteiger partial charge in [-0.3, -0.25) is 4.79 Å². The zero-order valence-electron chi connectivity index (χ0n) is 15.6. The van der Waals surface area contributed by atoms with Crippen LogP contribution in [0.2, 0.25) is 10.0 Å². The van der Waals surface area contributed by atoms with Crippen molar-refractivity contribution in [3.8, 4) is 11.8 Å². The number of halogens is 2. The van der Waals surface area contributed by atoms with Crippen LogP contribution < -0.4 is 9.64 Å². The van der Waals surface area contributed by atoms with Gasteiger partial charge in [-0.05, 0) is 49.7 Å². The zero-order chi connectivity index (χ0) is 20.1. The highest BCUT2D eigenvalue weighted by Crippen LogP contribution is 2.27. The van der Waals surface area contributed by atoms with Crippen LogP contribution >= 0.6 is 23.2 Å². The molecule has 1 unspecified atom stereocenters. The summed E-state index contributed by atoms with van der Waals surface area (Å²) in [6.45, 7) is 4.64. The molecule has 1 amide bonds. The SMILES string of the molecule is CC(Oc1ccc(Cl)c(Cl)c1)C(=O)N1CCCN(c2ccc(C#N)cc2)CC1. The first-order chi connectivity index (χ1) is 13.5. The third-order valence-electron chi connectivity index (χ3n) is 4.72. The van der Waals surface area contributed by atoms with E-state index in [4.69, 9.17) is 33.2 Å². The van der Waals surface area contributed by atoms with Gasteiger partial charge in [0, 0.05) is 37.9 Å². The molecule has 0 bridgehead atoms. The molecule has 1 fully saturated rings. The summed E-state index contributed by atoms with van der Waals surface area (Å²) in [5.74, 6) is 0.469. The van der Waals surface area contributed by atoms with Gasteiger partial charge in [0.2, 0.25) is 0 Å². The van der Waals surface area contributed by atoms with Crippen molar-refractivity contribution in [1.29, 1.82) is 5.26 Å². The Bertz CT molecular complexity index is 880. The van der Waals surface area contributed by atoms with E-state index in [1.807, 2.05) is 29.2 Å². The first-order valence-electron chi connectivity index (χ1n) is 9.13. The zero-order valence-corrected chi connectivity index (χ0v) is 17.1. The van der Waals surface area contributed by atoms with Crippen molar-refractivity contribution in [2.24, 2.45) is 0 Å². The maximum absolute atomic E-state index is 12.8. The Balaban J connectivity index is 1.59. The second-order valence-electron chi connectivity index (χ2n) is 6.66. The van der Waals surface area contributed by atoms with Crippen molar-refractivity contribution >= 4 is 34.8 Å². The summed E-state index contributed by atoms with van der Waals surface area (Å²) in [7, 11) is 0. The maximum Gasteiger partial charge on any atom is 0.263 e. The monoisotopic (exact) mass is 417 g/mol. The Morgan fingerprint density at radius 2 is 1.82 bits per heavy atom. The molecular formula is C21H21Cl2N3O2. The summed E-state index contributed by atoms with van der Waals surface area (Å²) in [5, 5.41) is 9.78. The molecule has 0 radical (unpaired) electrons. The highest BCUT2D eigenvalue weighted by Gasteiger charge is 2.25. The van der Waals surface area contributed by atoms with E-state index in [0.717, 1.165) is 25.2 Å². The number of nitrogens with zero attached hydrogens (tertiary/aromatic N) is 3. The molecule has 7 heteroatoms. The van der Waals surface area contributed by atoms with Crippen molar-refractivity contribution in [2.75, 3.05) is 31.1 Å². The molecule has 0 aliphatic carbocycles. The topological polar surface area (TPSA) is 56.6 Å². The number of anilines is 1. The minimum Gasteiger partial charge on any atom is -0.481 e. The van der Waals surface area contributed by atoms with Crippen molar-refractivity contribution in [1.82, 2.24) is 4.90 Å². The molecular weight excluding hydrogens is 397 g/mol. The molecule has 28 heavy (non-hydrogen) atoms. The van der Waals surface area contributed by atoms with Crippen molar-refractivity contribution in [3.05, 3.63) is 58.1 Å². The van der Waals surface area contributed by atoms with Gasteiger partial charge in [-0.25, -0.2) is 0 Å². The van der Waals surface area contributed by atoms with E-state index in [-0.39, 0.29) is 5.91 Å². The van der Waals surface area contributed by atoms with E-state index in [2.05, 4.69) is 11.0 Å². The summed E-state index contributed by atoms with van der Waals surface area (Å²) < 4.78 is 5.76. The number of carbonyl (C=O) groups is 1. The Morgan fingerprint density at radius 3 is 2.50 bits per heavy atom. The van der Waals surface area contributed by atoms with Gasteiger partial charge in [0.05, 0.1) is 21.7 Å². The normalized spacial score (nSPS) is 15.5. The van der Waals surface area contributed by atoms with Crippen LogP contribution in [0.4, 0.5) is 5.69 Å². The molecule has 0 saturated carbocycles. The molecule has 1 saturated heterocycles. The van der Waals surface area contributed by atoms with Gasteiger partial charge in [0.15, 0.2) is 6.10 Å². The molecule has 0 aromatic heterocycles. The summed E-state index contributed by atoms with van der Waals surface area (Å²) in [5.41, 5.74) is 1.71. The van der Waals surface area contributed by atoms with Gasteiger partial charge in [-0.15, -0.1) is 0 Å². The highest BCUT2D eigenvalue weighted by atomic mass is 35.5. The fourth-order valence-corrected chi connectivity index (χ4v) is 3.49. The number of benzene rings is 2. The summed E-state index contributed by atoms with van der Waals surface area (Å²) in [4.78, 5) is 16.9. The quantitative estimate of drug-likeness (QED) is 0.740. The lowest BCUT2D eigenvalue weighted by Gasteiger charge is -2.26. The minimum atomic E-state index is -0.612. The van der Waals surface area contributed by atoms with Crippen LogP contribution in [-0.2, 0) is 4.79 Å². The molecule has 1 aliphatic heterocycles. The molecule has 5 nitrogen and oxygen atoms in total. The lowest BCUT2D eigenvalue weighted by atomic mass is 10.2. The van der Waals surface area contributed by atoms with Gasteiger partial charge in [-0.1, -0.05) is 23.2 Å². The Morgan fingerprint density at radius 1 is 1.07 bits per heavy atom. The first-order valence-corrected chi connectivity index (χ1v) is 9.89. The summed E-state index contributed by atoms with van der Waals surface area (Å²) in [6, 6.07) is 14.6. The molecule has 0 N–H and O–H groups in total. The average Bonchev–Trinajstić information content (AvgIpc) is 2.96. The Kier molecular flexibility index (Phi) is 6.66. The van der Waals surface area contributed by atoms with E-state index in [0.29, 0.717) is 34.4 Å². The predicted molar refractivity (Wildman–Crippen MR) is 111 cm³/mol. The third-order valence-corrected chi connectivity index (χ3v) is 5.46. The molecule has 146 valence electrons. The number of hydrogen-bond donors (Lipinski definition) is 0. The van der Waals surface area contributed by atoms with Crippen molar-refractivity contribution < 1.29 is 9.53 Å². The number of hydrogen-bond acceptors (Lipinski definition) is 4. The average molecular weight is 418 g/mol. The first kappa shape index (κ1) is 20.3. The van der Waals surface area contributed by atoms with Crippen LogP contribution in [0, 0.1) is 11.3 Å². The molecule has 2 aromatic carbocycles. The number of rotatable bonds is 4. The van der Waals surface area contributed by atoms with Crippen molar-refractivity contribution in [2.45, 2.75) is 19.4 Å². The second kappa shape index (κ2) is 9.18. The smallest absolute Gasteiger partial charge is 0.263 e. The summed E-state index contributed by atoms with van der Waals surface area (Å²) in [6.07, 6.45) is 0.254. The van der Waals surface area contributed by atoms with Crippen LogP contribution in [0.1, 0.15) is 18.9 Å². The number of nitriles is 1. The standard InChI is InChI=1S/C21H21Cl2N3O2/c1-15(28-18-7-8-19(22)20(23)13-18)21(27)26-10-2-9-25(11-12-26)17-5-3-16(14-24)4-6-17/h3-8,13,15H,2,9-12H2,1H3. The van der Waals surface area contributed by atoms with Crippen molar-refractivity contribution in [3.63, 3.8) is 0 Å². The number of ether oxygens (including phenoxy) is 1. The largest absolute Gasteiger partial charge is 0.481 e. The van der Waals surface area contributed by atoms with Crippen LogP contribution in [0.25, 0.3) is 0 Å². The second-order valence-corrected chi connectivity index (χ2v) is 7.47. The van der Waals surface area contributed by atoms with E-state index in [9.17, 15) is 4.79 Å². The van der Waals surface area contributed by atoms with E-state index >= 15 is 0 Å². The Labute approximate surface area is 175 Å². The van der Waals surface area contributed by atoms with Gasteiger partial charge < -0.3 is 14.5 Å². The van der Waals surface area contributed by atoms with E-state index < -0.39 is 6.10 Å². The molecule has 1 atom stereocenters. The maximum atomic E-state index is 12.8. The number of amides is 1. The van der Waals surface area contributed by atoms with Gasteiger partial charge >= 0.3 is 0 Å². The molecule has 1 heterocycles. The Hall–Kier alpha value is -2.42. The number of carbonyl (C=O) groups excluding carboxylic acids is 1. The molecule has 1 aliphatic rings. The van der Waals surface area contributed by atoms with E-state index in [1.165, 1.54) is 0 Å².